The first-order valence-corrected chi connectivity index (χ1v) is 5.06. The zero-order valence-electron chi connectivity index (χ0n) is 9.19. The minimum absolute atomic E-state index is 0.205. The molecule has 1 heterocycles. The summed E-state index contributed by atoms with van der Waals surface area (Å²) < 4.78 is 43.7. The number of rotatable bonds is 3. The summed E-state index contributed by atoms with van der Waals surface area (Å²) in [6.45, 7) is 0.205. The molecule has 2 aromatic rings. The largest absolute Gasteiger partial charge is 0.454 e. The SMILES string of the molecule is NCn1cc(Oc2ccc(C(F)(F)F)cc2)cn1. The molecule has 2 N–H and O–H groups in total. The molecule has 0 saturated carbocycles. The molecule has 0 radical (unpaired) electrons. The van der Waals surface area contributed by atoms with Crippen LogP contribution in [0.15, 0.2) is 36.7 Å². The van der Waals surface area contributed by atoms with Crippen LogP contribution in [0.3, 0.4) is 0 Å². The van der Waals surface area contributed by atoms with Gasteiger partial charge in [0.2, 0.25) is 0 Å². The van der Waals surface area contributed by atoms with Gasteiger partial charge in [0, 0.05) is 0 Å². The molecular formula is C11H10F3N3O. The molecule has 7 heteroatoms. The molecule has 0 unspecified atom stereocenters. The van der Waals surface area contributed by atoms with Crippen LogP contribution in [0.4, 0.5) is 13.2 Å². The van der Waals surface area contributed by atoms with E-state index in [1.165, 1.54) is 23.0 Å². The van der Waals surface area contributed by atoms with Crippen molar-refractivity contribution in [3.8, 4) is 11.5 Å². The second kappa shape index (κ2) is 4.69. The van der Waals surface area contributed by atoms with E-state index in [2.05, 4.69) is 5.10 Å². The van der Waals surface area contributed by atoms with Gasteiger partial charge < -0.3 is 10.5 Å². The molecule has 96 valence electrons. The number of hydrogen-bond acceptors (Lipinski definition) is 3. The summed E-state index contributed by atoms with van der Waals surface area (Å²) in [6.07, 6.45) is -1.36. The Morgan fingerprint density at radius 1 is 1.17 bits per heavy atom. The van der Waals surface area contributed by atoms with E-state index in [-0.39, 0.29) is 6.67 Å². The summed E-state index contributed by atoms with van der Waals surface area (Å²) in [5.41, 5.74) is 4.63. The van der Waals surface area contributed by atoms with Gasteiger partial charge in [0.05, 0.1) is 24.6 Å². The molecule has 1 aromatic heterocycles. The zero-order chi connectivity index (χ0) is 13.2. The van der Waals surface area contributed by atoms with E-state index in [1.54, 1.807) is 6.20 Å². The third kappa shape index (κ3) is 2.80. The second-order valence-corrected chi connectivity index (χ2v) is 3.52. The lowest BCUT2D eigenvalue weighted by molar-refractivity contribution is -0.137. The van der Waals surface area contributed by atoms with Crippen molar-refractivity contribution in [1.82, 2.24) is 9.78 Å². The van der Waals surface area contributed by atoms with Gasteiger partial charge in [-0.2, -0.15) is 18.3 Å². The van der Waals surface area contributed by atoms with Gasteiger partial charge in [0.25, 0.3) is 0 Å². The molecule has 0 bridgehead atoms. The van der Waals surface area contributed by atoms with Crippen LogP contribution < -0.4 is 10.5 Å². The van der Waals surface area contributed by atoms with Crippen LogP contribution in [-0.2, 0) is 12.8 Å². The van der Waals surface area contributed by atoms with E-state index >= 15 is 0 Å². The van der Waals surface area contributed by atoms with Gasteiger partial charge in [-0.3, -0.25) is 4.68 Å². The Hall–Kier alpha value is -2.02. The predicted octanol–water partition coefficient (Wildman–Crippen LogP) is 2.61. The van der Waals surface area contributed by atoms with Gasteiger partial charge in [-0.15, -0.1) is 0 Å². The Balaban J connectivity index is 2.11. The molecule has 0 fully saturated rings. The maximum absolute atomic E-state index is 12.3. The lowest BCUT2D eigenvalue weighted by atomic mass is 10.2. The minimum atomic E-state index is -4.34. The van der Waals surface area contributed by atoms with Crippen molar-refractivity contribution < 1.29 is 17.9 Å². The third-order valence-electron chi connectivity index (χ3n) is 2.21. The first-order valence-electron chi connectivity index (χ1n) is 5.06. The van der Waals surface area contributed by atoms with Crippen LogP contribution in [0, 0.1) is 0 Å². The number of ether oxygens (including phenoxy) is 1. The van der Waals surface area contributed by atoms with Gasteiger partial charge in [-0.05, 0) is 24.3 Å². The lowest BCUT2D eigenvalue weighted by Crippen LogP contribution is -2.06. The van der Waals surface area contributed by atoms with Crippen LogP contribution in [0.25, 0.3) is 0 Å². The average Bonchev–Trinajstić information content (AvgIpc) is 2.76. The Morgan fingerprint density at radius 3 is 2.33 bits per heavy atom. The number of nitrogens with zero attached hydrogens (tertiary/aromatic N) is 2. The van der Waals surface area contributed by atoms with Gasteiger partial charge in [0.15, 0.2) is 5.75 Å². The van der Waals surface area contributed by atoms with E-state index in [9.17, 15) is 13.2 Å². The van der Waals surface area contributed by atoms with Crippen molar-refractivity contribution in [1.29, 1.82) is 0 Å². The molecule has 0 spiro atoms. The Kier molecular flexibility index (Phi) is 3.24. The summed E-state index contributed by atoms with van der Waals surface area (Å²) in [4.78, 5) is 0. The smallest absolute Gasteiger partial charge is 0.416 e. The highest BCUT2D eigenvalue weighted by Gasteiger charge is 2.30. The number of alkyl halides is 3. The molecule has 0 saturated heterocycles. The highest BCUT2D eigenvalue weighted by molar-refractivity contribution is 5.32. The van der Waals surface area contributed by atoms with E-state index in [0.29, 0.717) is 11.5 Å². The Labute approximate surface area is 101 Å². The van der Waals surface area contributed by atoms with Crippen LogP contribution in [0.1, 0.15) is 5.56 Å². The van der Waals surface area contributed by atoms with Gasteiger partial charge in [-0.1, -0.05) is 0 Å². The summed E-state index contributed by atoms with van der Waals surface area (Å²) in [5.74, 6) is 0.722. The topological polar surface area (TPSA) is 53.1 Å². The molecule has 4 nitrogen and oxygen atoms in total. The fraction of sp³-hybridized carbons (Fsp3) is 0.182. The number of benzene rings is 1. The molecule has 18 heavy (non-hydrogen) atoms. The number of aromatic nitrogens is 2. The molecule has 0 aliphatic heterocycles. The van der Waals surface area contributed by atoms with Crippen LogP contribution in [0.5, 0.6) is 11.5 Å². The first-order chi connectivity index (χ1) is 8.49. The predicted molar refractivity (Wildman–Crippen MR) is 57.9 cm³/mol. The second-order valence-electron chi connectivity index (χ2n) is 3.52. The Bertz CT molecular complexity index is 519. The maximum atomic E-state index is 12.3. The van der Waals surface area contributed by atoms with Crippen molar-refractivity contribution in [2.24, 2.45) is 5.73 Å². The van der Waals surface area contributed by atoms with Gasteiger partial charge >= 0.3 is 6.18 Å². The van der Waals surface area contributed by atoms with Gasteiger partial charge in [0.1, 0.15) is 5.75 Å². The van der Waals surface area contributed by atoms with Crippen LogP contribution >= 0.6 is 0 Å². The van der Waals surface area contributed by atoms with E-state index < -0.39 is 11.7 Å². The number of nitrogens with two attached hydrogens (primary N) is 1. The fourth-order valence-electron chi connectivity index (χ4n) is 1.35. The molecule has 0 amide bonds. The molecule has 0 atom stereocenters. The van der Waals surface area contributed by atoms with Crippen molar-refractivity contribution in [2.75, 3.05) is 0 Å². The first kappa shape index (κ1) is 12.4. The fourth-order valence-corrected chi connectivity index (χ4v) is 1.35. The normalized spacial score (nSPS) is 11.6. The highest BCUT2D eigenvalue weighted by atomic mass is 19.4. The maximum Gasteiger partial charge on any atom is 0.416 e. The van der Waals surface area contributed by atoms with Crippen LogP contribution in [0.2, 0.25) is 0 Å². The number of halogens is 3. The lowest BCUT2D eigenvalue weighted by Gasteiger charge is -2.07. The molecule has 0 aliphatic rings. The summed E-state index contributed by atoms with van der Waals surface area (Å²) in [6, 6.07) is 4.43. The standard InChI is InChI=1S/C11H10F3N3O/c12-11(13,14)8-1-3-9(4-2-8)18-10-5-16-17(6-10)7-15/h1-6H,7,15H2. The quantitative estimate of drug-likeness (QED) is 0.919. The average molecular weight is 257 g/mol. The molecule has 0 aliphatic carbocycles. The van der Waals surface area contributed by atoms with E-state index in [0.717, 1.165) is 12.1 Å². The van der Waals surface area contributed by atoms with Crippen molar-refractivity contribution in [2.45, 2.75) is 12.8 Å². The van der Waals surface area contributed by atoms with Crippen molar-refractivity contribution >= 4 is 0 Å². The summed E-state index contributed by atoms with van der Waals surface area (Å²) >= 11 is 0. The summed E-state index contributed by atoms with van der Waals surface area (Å²) in [7, 11) is 0. The van der Waals surface area contributed by atoms with E-state index in [4.69, 9.17) is 10.5 Å². The number of hydrogen-bond donors (Lipinski definition) is 1. The Morgan fingerprint density at radius 2 is 1.83 bits per heavy atom. The minimum Gasteiger partial charge on any atom is -0.454 e. The third-order valence-corrected chi connectivity index (χ3v) is 2.21. The molecular weight excluding hydrogens is 247 g/mol. The van der Waals surface area contributed by atoms with Gasteiger partial charge in [-0.25, -0.2) is 0 Å². The van der Waals surface area contributed by atoms with E-state index in [1.807, 2.05) is 0 Å². The molecule has 1 aromatic carbocycles. The van der Waals surface area contributed by atoms with Crippen molar-refractivity contribution in [3.63, 3.8) is 0 Å². The monoisotopic (exact) mass is 257 g/mol. The highest BCUT2D eigenvalue weighted by Crippen LogP contribution is 2.31. The van der Waals surface area contributed by atoms with Crippen LogP contribution in [-0.4, -0.2) is 9.78 Å². The zero-order valence-corrected chi connectivity index (χ0v) is 9.19. The summed E-state index contributed by atoms with van der Waals surface area (Å²) in [5, 5.41) is 3.87. The van der Waals surface area contributed by atoms with Crippen molar-refractivity contribution in [3.05, 3.63) is 42.2 Å². The molecule has 2 rings (SSSR count).